The highest BCUT2D eigenvalue weighted by atomic mass is 19.1. The zero-order valence-electron chi connectivity index (χ0n) is 22.3. The monoisotopic (exact) mass is 536 g/mol. The molecule has 5 rings (SSSR count). The number of carbonyl (C=O) groups excluding carboxylic acids is 1. The molecule has 0 unspecified atom stereocenters. The number of ether oxygens (including phenoxy) is 2. The molecule has 1 aromatic heterocycles. The number of para-hydroxylation sites is 1. The number of oxazole rings is 1. The summed E-state index contributed by atoms with van der Waals surface area (Å²) in [6.45, 7) is 2.47. The van der Waals surface area contributed by atoms with E-state index in [1.165, 1.54) is 19.2 Å². The van der Waals surface area contributed by atoms with E-state index >= 15 is 0 Å². The number of rotatable bonds is 10. The molecule has 0 aliphatic heterocycles. The van der Waals surface area contributed by atoms with Crippen LogP contribution in [0.3, 0.4) is 0 Å². The molecular weight excluding hydrogens is 507 g/mol. The molecule has 6 nitrogen and oxygen atoms in total. The van der Waals surface area contributed by atoms with Crippen LogP contribution in [0.15, 0.2) is 108 Å². The van der Waals surface area contributed by atoms with E-state index in [1.54, 1.807) is 6.07 Å². The minimum atomic E-state index is -0.579. The van der Waals surface area contributed by atoms with E-state index in [1.807, 2.05) is 96.8 Å². The van der Waals surface area contributed by atoms with Crippen molar-refractivity contribution in [2.45, 2.75) is 19.9 Å². The molecule has 0 atom stereocenters. The molecule has 40 heavy (non-hydrogen) atoms. The smallest absolute Gasteiger partial charge is 0.338 e. The number of aryl methyl sites for hydroxylation is 1. The summed E-state index contributed by atoms with van der Waals surface area (Å²) in [5.41, 5.74) is 3.92. The van der Waals surface area contributed by atoms with Crippen LogP contribution in [0.25, 0.3) is 11.5 Å². The molecule has 5 aromatic rings. The first-order chi connectivity index (χ1) is 19.5. The Morgan fingerprint density at radius 2 is 1.55 bits per heavy atom. The second-order valence-corrected chi connectivity index (χ2v) is 9.16. The minimum absolute atomic E-state index is 0.135. The lowest BCUT2D eigenvalue weighted by atomic mass is 10.1. The van der Waals surface area contributed by atoms with Crippen LogP contribution in [0.4, 0.5) is 15.8 Å². The van der Waals surface area contributed by atoms with Gasteiger partial charge in [-0.25, -0.2) is 14.2 Å². The Morgan fingerprint density at radius 3 is 2.25 bits per heavy atom. The molecule has 0 aliphatic rings. The van der Waals surface area contributed by atoms with Gasteiger partial charge < -0.3 is 18.8 Å². The van der Waals surface area contributed by atoms with Crippen LogP contribution < -0.4 is 9.64 Å². The summed E-state index contributed by atoms with van der Waals surface area (Å²) >= 11 is 0. The fourth-order valence-electron chi connectivity index (χ4n) is 4.47. The van der Waals surface area contributed by atoms with Gasteiger partial charge in [-0.05, 0) is 67.6 Å². The van der Waals surface area contributed by atoms with Crippen molar-refractivity contribution in [3.63, 3.8) is 0 Å². The quantitative estimate of drug-likeness (QED) is 0.172. The van der Waals surface area contributed by atoms with Crippen LogP contribution >= 0.6 is 0 Å². The maximum Gasteiger partial charge on any atom is 0.338 e. The van der Waals surface area contributed by atoms with Crippen molar-refractivity contribution >= 4 is 17.3 Å². The van der Waals surface area contributed by atoms with E-state index in [9.17, 15) is 9.18 Å². The Labute approximate surface area is 232 Å². The lowest BCUT2D eigenvalue weighted by molar-refractivity contribution is 0.0599. The van der Waals surface area contributed by atoms with Crippen molar-refractivity contribution in [2.75, 3.05) is 18.6 Å². The third-order valence-electron chi connectivity index (χ3n) is 6.58. The molecule has 1 heterocycles. The van der Waals surface area contributed by atoms with Crippen molar-refractivity contribution in [2.24, 2.45) is 0 Å². The molecule has 0 radical (unpaired) electrons. The highest BCUT2D eigenvalue weighted by Gasteiger charge is 2.20. The Balaban J connectivity index is 1.31. The standard InChI is InChI=1S/C33H29FN2O4/c1-23-31(35-32(40-23)24-10-5-3-6-11-24)20-21-39-27-18-16-26(17-19-27)36(25-12-7-4-8-13-25)22-29-28(33(37)38-2)14-9-15-30(29)34/h3-19H,20-22H2,1-2H3. The van der Waals surface area contributed by atoms with Gasteiger partial charge in [0.2, 0.25) is 5.89 Å². The molecule has 0 fully saturated rings. The molecule has 4 aromatic carbocycles. The summed E-state index contributed by atoms with van der Waals surface area (Å²) < 4.78 is 31.7. The predicted octanol–water partition coefficient (Wildman–Crippen LogP) is 7.54. The Morgan fingerprint density at radius 1 is 0.875 bits per heavy atom. The number of hydrogen-bond acceptors (Lipinski definition) is 6. The third kappa shape index (κ3) is 6.04. The second-order valence-electron chi connectivity index (χ2n) is 9.16. The van der Waals surface area contributed by atoms with Crippen LogP contribution in [0.5, 0.6) is 5.75 Å². The number of carbonyl (C=O) groups is 1. The number of methoxy groups -OCH3 is 1. The summed E-state index contributed by atoms with van der Waals surface area (Å²) in [6.07, 6.45) is 0.601. The number of anilines is 2. The fourth-order valence-corrected chi connectivity index (χ4v) is 4.47. The van der Waals surface area contributed by atoms with Gasteiger partial charge in [0.25, 0.3) is 0 Å². The second kappa shape index (κ2) is 12.3. The number of halogens is 1. The van der Waals surface area contributed by atoms with E-state index in [2.05, 4.69) is 4.98 Å². The van der Waals surface area contributed by atoms with Crippen LogP contribution in [0.2, 0.25) is 0 Å². The summed E-state index contributed by atoms with van der Waals surface area (Å²) in [5, 5.41) is 0. The zero-order chi connectivity index (χ0) is 27.9. The van der Waals surface area contributed by atoms with E-state index in [4.69, 9.17) is 13.9 Å². The summed E-state index contributed by atoms with van der Waals surface area (Å²) in [4.78, 5) is 18.9. The SMILES string of the molecule is COC(=O)c1cccc(F)c1CN(c1ccccc1)c1ccc(OCCc2nc(-c3ccccc3)oc2C)cc1. The molecular formula is C33H29FN2O4. The van der Waals surface area contributed by atoms with Gasteiger partial charge in [0.15, 0.2) is 0 Å². The van der Waals surface area contributed by atoms with Crippen molar-refractivity contribution in [3.8, 4) is 17.2 Å². The van der Waals surface area contributed by atoms with Gasteiger partial charge in [-0.15, -0.1) is 0 Å². The molecule has 7 heteroatoms. The van der Waals surface area contributed by atoms with Gasteiger partial charge in [0.1, 0.15) is 17.3 Å². The van der Waals surface area contributed by atoms with Crippen molar-refractivity contribution in [3.05, 3.63) is 132 Å². The van der Waals surface area contributed by atoms with E-state index in [0.717, 1.165) is 28.4 Å². The molecule has 0 spiro atoms. The summed E-state index contributed by atoms with van der Waals surface area (Å²) in [7, 11) is 1.29. The fraction of sp³-hybridized carbons (Fsp3) is 0.152. The largest absolute Gasteiger partial charge is 0.493 e. The number of nitrogens with zero attached hydrogens (tertiary/aromatic N) is 2. The van der Waals surface area contributed by atoms with Gasteiger partial charge in [-0.1, -0.05) is 42.5 Å². The Bertz CT molecular complexity index is 1570. The van der Waals surface area contributed by atoms with Gasteiger partial charge in [-0.3, -0.25) is 0 Å². The predicted molar refractivity (Wildman–Crippen MR) is 152 cm³/mol. The number of hydrogen-bond donors (Lipinski definition) is 0. The molecule has 0 amide bonds. The normalized spacial score (nSPS) is 10.8. The maximum absolute atomic E-state index is 14.9. The first-order valence-corrected chi connectivity index (χ1v) is 13.0. The van der Waals surface area contributed by atoms with Gasteiger partial charge >= 0.3 is 5.97 Å². The van der Waals surface area contributed by atoms with Crippen molar-refractivity contribution in [1.29, 1.82) is 0 Å². The molecule has 0 saturated heterocycles. The van der Waals surface area contributed by atoms with Gasteiger partial charge in [0.05, 0.1) is 31.5 Å². The first kappa shape index (κ1) is 26.7. The van der Waals surface area contributed by atoms with E-state index < -0.39 is 11.8 Å². The molecule has 0 bridgehead atoms. The molecule has 0 saturated carbocycles. The number of benzene rings is 4. The average molecular weight is 537 g/mol. The highest BCUT2D eigenvalue weighted by molar-refractivity contribution is 5.91. The minimum Gasteiger partial charge on any atom is -0.493 e. The third-order valence-corrected chi connectivity index (χ3v) is 6.58. The summed E-state index contributed by atoms with van der Waals surface area (Å²) in [6, 6.07) is 31.4. The lowest BCUT2D eigenvalue weighted by Crippen LogP contribution is -2.20. The number of esters is 1. The van der Waals surface area contributed by atoms with Crippen LogP contribution in [0, 0.1) is 12.7 Å². The maximum atomic E-state index is 14.9. The molecule has 0 N–H and O–H groups in total. The van der Waals surface area contributed by atoms with E-state index in [0.29, 0.717) is 24.7 Å². The Hall–Kier alpha value is -4.91. The topological polar surface area (TPSA) is 64.8 Å². The number of aromatic nitrogens is 1. The molecule has 0 aliphatic carbocycles. The van der Waals surface area contributed by atoms with Crippen LogP contribution in [-0.4, -0.2) is 24.7 Å². The average Bonchev–Trinajstić information content (AvgIpc) is 3.37. The van der Waals surface area contributed by atoms with Gasteiger partial charge in [0, 0.05) is 28.9 Å². The zero-order valence-corrected chi connectivity index (χ0v) is 22.3. The van der Waals surface area contributed by atoms with Crippen molar-refractivity contribution in [1.82, 2.24) is 4.98 Å². The highest BCUT2D eigenvalue weighted by Crippen LogP contribution is 2.31. The van der Waals surface area contributed by atoms with Gasteiger partial charge in [-0.2, -0.15) is 0 Å². The van der Waals surface area contributed by atoms with E-state index in [-0.39, 0.29) is 17.7 Å². The Kier molecular flexibility index (Phi) is 8.21. The van der Waals surface area contributed by atoms with Crippen LogP contribution in [0.1, 0.15) is 27.4 Å². The lowest BCUT2D eigenvalue weighted by Gasteiger charge is -2.26. The van der Waals surface area contributed by atoms with Crippen LogP contribution in [-0.2, 0) is 17.7 Å². The molecule has 202 valence electrons. The summed E-state index contributed by atoms with van der Waals surface area (Å²) in [5.74, 6) is 1.02. The van der Waals surface area contributed by atoms with Crippen molar-refractivity contribution < 1.29 is 23.1 Å². The first-order valence-electron chi connectivity index (χ1n) is 13.0.